The summed E-state index contributed by atoms with van der Waals surface area (Å²) in [4.78, 5) is 94.8. The zero-order chi connectivity index (χ0) is 46.8. The molecule has 4 amide bonds. The van der Waals surface area contributed by atoms with Crippen molar-refractivity contribution in [1.29, 1.82) is 0 Å². The molecule has 1 fully saturated rings. The molecule has 4 N–H and O–H groups in total. The van der Waals surface area contributed by atoms with Crippen LogP contribution in [0.25, 0.3) is 0 Å². The Bertz CT molecular complexity index is 2060. The molecule has 4 rings (SSSR count). The predicted molar refractivity (Wildman–Crippen MR) is 241 cm³/mol. The van der Waals surface area contributed by atoms with Crippen molar-refractivity contribution in [3.8, 4) is 5.75 Å². The van der Waals surface area contributed by atoms with Gasteiger partial charge in [-0.25, -0.2) is 0 Å². The first-order chi connectivity index (χ1) is 30.5. The summed E-state index contributed by atoms with van der Waals surface area (Å²) in [5.74, 6) is -2.89. The topological polar surface area (TPSA) is 202 Å². The van der Waals surface area contributed by atoms with Gasteiger partial charge in [-0.2, -0.15) is 0 Å². The normalized spacial score (nSPS) is 16.2. The minimum Gasteiger partial charge on any atom is -0.426 e. The van der Waals surface area contributed by atoms with E-state index in [1.807, 2.05) is 86.3 Å². The van der Waals surface area contributed by atoms with Gasteiger partial charge in [0.15, 0.2) is 12.1 Å². The molecule has 1 aliphatic heterocycles. The Morgan fingerprint density at radius 2 is 1.42 bits per heavy atom. The van der Waals surface area contributed by atoms with E-state index in [0.717, 1.165) is 17.5 Å². The molecule has 0 aromatic heterocycles. The Labute approximate surface area is 376 Å². The van der Waals surface area contributed by atoms with Gasteiger partial charge in [0.2, 0.25) is 23.6 Å². The van der Waals surface area contributed by atoms with Gasteiger partial charge in [0.05, 0.1) is 31.4 Å². The van der Waals surface area contributed by atoms with E-state index in [1.54, 1.807) is 32.9 Å². The number of Topliss-reactive ketones (excluding diaryl/α,β-unsaturated/α-hetero) is 1. The molecule has 0 saturated carbocycles. The van der Waals surface area contributed by atoms with Crippen LogP contribution in [0.2, 0.25) is 0 Å². The second kappa shape index (κ2) is 24.9. The molecule has 1 saturated heterocycles. The van der Waals surface area contributed by atoms with Crippen molar-refractivity contribution >= 4 is 41.7 Å². The van der Waals surface area contributed by atoms with Crippen molar-refractivity contribution in [2.45, 2.75) is 117 Å². The zero-order valence-corrected chi connectivity index (χ0v) is 38.2. The van der Waals surface area contributed by atoms with E-state index in [2.05, 4.69) is 21.3 Å². The lowest BCUT2D eigenvalue weighted by Crippen LogP contribution is -2.59. The van der Waals surface area contributed by atoms with Crippen molar-refractivity contribution in [3.63, 3.8) is 0 Å². The summed E-state index contributed by atoms with van der Waals surface area (Å²) in [7, 11) is 0. The zero-order valence-electron chi connectivity index (χ0n) is 38.2. The van der Waals surface area contributed by atoms with Gasteiger partial charge in [0, 0.05) is 33.0 Å². The molecular weight excluding hydrogens is 819 g/mol. The third kappa shape index (κ3) is 16.4. The van der Waals surface area contributed by atoms with E-state index >= 15 is 0 Å². The van der Waals surface area contributed by atoms with Gasteiger partial charge >= 0.3 is 5.97 Å². The number of benzene rings is 3. The van der Waals surface area contributed by atoms with Crippen molar-refractivity contribution < 1.29 is 47.8 Å². The fourth-order valence-electron chi connectivity index (χ4n) is 7.31. The predicted octanol–water partition coefficient (Wildman–Crippen LogP) is 4.20. The lowest BCUT2D eigenvalue weighted by Gasteiger charge is -2.28. The third-order valence-electron chi connectivity index (χ3n) is 10.7. The maximum Gasteiger partial charge on any atom is 0.308 e. The van der Waals surface area contributed by atoms with Crippen LogP contribution in [0.15, 0.2) is 72.8 Å². The van der Waals surface area contributed by atoms with Crippen molar-refractivity contribution in [2.75, 3.05) is 32.9 Å². The van der Waals surface area contributed by atoms with Gasteiger partial charge in [0.1, 0.15) is 29.5 Å². The van der Waals surface area contributed by atoms with E-state index in [0.29, 0.717) is 43.6 Å². The third-order valence-corrected chi connectivity index (χ3v) is 10.7. The molecule has 0 radical (unpaired) electrons. The van der Waals surface area contributed by atoms with Crippen LogP contribution in [-0.2, 0) is 57.6 Å². The molecule has 0 bridgehead atoms. The number of aldehydes is 1. The minimum atomic E-state index is -1.09. The summed E-state index contributed by atoms with van der Waals surface area (Å²) in [6.07, 6.45) is 2.43. The molecule has 15 nitrogen and oxygen atoms in total. The Hall–Kier alpha value is -5.77. The summed E-state index contributed by atoms with van der Waals surface area (Å²) >= 11 is 0. The SMILES string of the molecule is CCCOCCN(CC(=O)N[C@@H](CCc1ccccc1)C(=O)N[C@@H](CC(C)C)C(=O)N[C@@H](Cc1ccccc1)C(=O)N[C@@H](C)C(=O)[C@@]1(C)CO1)Cc1cc(C)c(OC(C)=O)c(C=O)c1. The van der Waals surface area contributed by atoms with E-state index in [-0.39, 0.29) is 62.0 Å². The van der Waals surface area contributed by atoms with Crippen LogP contribution in [0.1, 0.15) is 93.4 Å². The molecule has 5 atom stereocenters. The lowest BCUT2D eigenvalue weighted by molar-refractivity contribution is -0.135. The average molecular weight is 884 g/mol. The minimum absolute atomic E-state index is 0.0540. The molecule has 3 aromatic rings. The van der Waals surface area contributed by atoms with E-state index in [9.17, 15) is 33.6 Å². The maximum atomic E-state index is 14.3. The summed E-state index contributed by atoms with van der Waals surface area (Å²) in [5.41, 5.74) is 2.25. The first-order valence-corrected chi connectivity index (χ1v) is 22.1. The molecule has 0 spiro atoms. The number of hydrogen-bond donors (Lipinski definition) is 4. The van der Waals surface area contributed by atoms with Crippen molar-refractivity contribution in [3.05, 3.63) is 101 Å². The standard InChI is InChI=1S/C49H65N5O10/c1-8-22-62-23-21-54(28-38-25-33(4)44(64-35(6)56)39(26-38)30-55)29-43(57)51-40(20-19-36-15-11-9-12-16-36)46(59)52-41(24-32(2)3)48(61)53-42(27-37-17-13-10-14-18-37)47(60)50-34(5)45(58)49(7)31-63-49/h9-18,25-26,30,32,34,40-42H,8,19-24,27-29,31H2,1-7H3,(H,50,60)(H,51,57)(H,52,59)(H,53,61)/t34-,40-,41-,42-,49+/m0/s1. The van der Waals surface area contributed by atoms with Gasteiger partial charge in [-0.05, 0) is 80.7 Å². The van der Waals surface area contributed by atoms with Crippen molar-refractivity contribution in [2.24, 2.45) is 5.92 Å². The Balaban J connectivity index is 1.55. The molecule has 0 aliphatic carbocycles. The molecule has 0 unspecified atom stereocenters. The second-order valence-corrected chi connectivity index (χ2v) is 17.1. The van der Waals surface area contributed by atoms with Gasteiger partial charge < -0.3 is 35.5 Å². The highest BCUT2D eigenvalue weighted by molar-refractivity contribution is 5.98. The fourth-order valence-corrected chi connectivity index (χ4v) is 7.31. The number of nitrogens with zero attached hydrogens (tertiary/aromatic N) is 1. The van der Waals surface area contributed by atoms with Gasteiger partial charge in [-0.3, -0.25) is 38.5 Å². The number of amides is 4. The van der Waals surface area contributed by atoms with Crippen LogP contribution in [0.5, 0.6) is 5.75 Å². The van der Waals surface area contributed by atoms with Gasteiger partial charge in [-0.1, -0.05) is 87.5 Å². The Kier molecular flexibility index (Phi) is 19.8. The number of hydrogen-bond acceptors (Lipinski definition) is 11. The number of esters is 1. The summed E-state index contributed by atoms with van der Waals surface area (Å²) in [5, 5.41) is 11.4. The average Bonchev–Trinajstić information content (AvgIpc) is 4.01. The summed E-state index contributed by atoms with van der Waals surface area (Å²) in [6, 6.07) is 18.0. The Morgan fingerprint density at radius 3 is 2.02 bits per heavy atom. The highest BCUT2D eigenvalue weighted by Gasteiger charge is 2.49. The highest BCUT2D eigenvalue weighted by Crippen LogP contribution is 2.28. The number of carbonyl (C=O) groups excluding carboxylic acids is 7. The number of carbonyl (C=O) groups is 7. The number of aryl methyl sites for hydroxylation is 2. The van der Waals surface area contributed by atoms with Gasteiger partial charge in [0.25, 0.3) is 0 Å². The van der Waals surface area contributed by atoms with Crippen LogP contribution in [0.3, 0.4) is 0 Å². The molecule has 1 aliphatic rings. The summed E-state index contributed by atoms with van der Waals surface area (Å²) in [6.45, 7) is 13.6. The summed E-state index contributed by atoms with van der Waals surface area (Å²) < 4.78 is 16.3. The smallest absolute Gasteiger partial charge is 0.308 e. The first-order valence-electron chi connectivity index (χ1n) is 22.1. The number of nitrogens with one attached hydrogen (secondary N) is 4. The van der Waals surface area contributed by atoms with Gasteiger partial charge in [-0.15, -0.1) is 0 Å². The molecule has 346 valence electrons. The Morgan fingerprint density at radius 1 is 0.812 bits per heavy atom. The lowest BCUT2D eigenvalue weighted by atomic mass is 9.99. The van der Waals surface area contributed by atoms with E-state index in [1.165, 1.54) is 6.92 Å². The van der Waals surface area contributed by atoms with Crippen LogP contribution >= 0.6 is 0 Å². The molecule has 15 heteroatoms. The largest absolute Gasteiger partial charge is 0.426 e. The fraction of sp³-hybridized carbons (Fsp3) is 0.490. The highest BCUT2D eigenvalue weighted by atomic mass is 16.6. The maximum absolute atomic E-state index is 14.3. The van der Waals surface area contributed by atoms with E-state index in [4.69, 9.17) is 14.2 Å². The van der Waals surface area contributed by atoms with E-state index < -0.39 is 59.4 Å². The quantitative estimate of drug-likeness (QED) is 0.0281. The number of ether oxygens (including phenoxy) is 3. The number of ketones is 1. The van der Waals surface area contributed by atoms with Crippen LogP contribution < -0.4 is 26.0 Å². The van der Waals surface area contributed by atoms with Crippen molar-refractivity contribution in [1.82, 2.24) is 26.2 Å². The number of epoxide rings is 1. The van der Waals surface area contributed by atoms with Crippen LogP contribution in [-0.4, -0.2) is 109 Å². The molecular formula is C49H65N5O10. The van der Waals surface area contributed by atoms with Crippen LogP contribution in [0.4, 0.5) is 0 Å². The monoisotopic (exact) mass is 883 g/mol. The second-order valence-electron chi connectivity index (χ2n) is 17.1. The molecule has 64 heavy (non-hydrogen) atoms. The molecule has 3 aromatic carbocycles. The number of rotatable bonds is 27. The molecule has 1 heterocycles. The van der Waals surface area contributed by atoms with Crippen LogP contribution in [0, 0.1) is 12.8 Å². The first kappa shape index (κ1) is 50.9.